The number of thiazole rings is 1. The summed E-state index contributed by atoms with van der Waals surface area (Å²) in [4.78, 5) is 32.6. The predicted octanol–water partition coefficient (Wildman–Crippen LogP) is 2.74. The monoisotopic (exact) mass is 470 g/mol. The first-order valence-electron chi connectivity index (χ1n) is 9.97. The number of hydrogen-bond donors (Lipinski definition) is 1. The van der Waals surface area contributed by atoms with E-state index in [0.717, 1.165) is 11.1 Å². The van der Waals surface area contributed by atoms with Gasteiger partial charge in [0.1, 0.15) is 6.54 Å². The van der Waals surface area contributed by atoms with Crippen molar-refractivity contribution in [2.75, 3.05) is 24.4 Å². The van der Waals surface area contributed by atoms with E-state index in [4.69, 9.17) is 0 Å². The first-order valence-corrected chi connectivity index (χ1v) is 12.3. The summed E-state index contributed by atoms with van der Waals surface area (Å²) >= 11 is 1.17. The number of aromatic nitrogens is 1. The molecule has 10 heteroatoms. The van der Waals surface area contributed by atoms with E-state index in [2.05, 4.69) is 9.71 Å². The van der Waals surface area contributed by atoms with E-state index in [-0.39, 0.29) is 28.4 Å². The Bertz CT molecular complexity index is 1230. The van der Waals surface area contributed by atoms with Gasteiger partial charge >= 0.3 is 0 Å². The van der Waals surface area contributed by atoms with E-state index in [9.17, 15) is 18.0 Å². The summed E-state index contributed by atoms with van der Waals surface area (Å²) in [5.74, 6) is -0.414. The molecule has 8 nitrogen and oxygen atoms in total. The molecule has 0 spiro atoms. The Morgan fingerprint density at radius 2 is 1.94 bits per heavy atom. The van der Waals surface area contributed by atoms with Crippen LogP contribution in [-0.2, 0) is 21.4 Å². The molecule has 0 bridgehead atoms. The standard InChI is InChI=1S/C22H22N4O4S2/c1-16-3-2-4-17(13-16)14-25-10-11-26(15-20(25)27)21(28)18-5-7-19(8-6-18)32(29,30)24-22-23-9-12-31-22/h2-9,12-13H,10-11,14-15H2,1H3,(H,23,24). The Kier molecular flexibility index (Phi) is 6.24. The maximum atomic E-state index is 12.9. The van der Waals surface area contributed by atoms with Gasteiger partial charge in [0.05, 0.1) is 4.90 Å². The Morgan fingerprint density at radius 3 is 2.59 bits per heavy atom. The lowest BCUT2D eigenvalue weighted by molar-refractivity contribution is -0.135. The van der Waals surface area contributed by atoms with Gasteiger partial charge in [-0.05, 0) is 36.8 Å². The number of nitrogens with zero attached hydrogens (tertiary/aromatic N) is 3. The summed E-state index contributed by atoms with van der Waals surface area (Å²) in [6.45, 7) is 3.38. The molecule has 166 valence electrons. The van der Waals surface area contributed by atoms with Crippen LogP contribution in [0.15, 0.2) is 65.0 Å². The van der Waals surface area contributed by atoms with Crippen LogP contribution in [0.25, 0.3) is 0 Å². The normalized spacial score (nSPS) is 14.5. The van der Waals surface area contributed by atoms with Crippen molar-refractivity contribution < 1.29 is 18.0 Å². The van der Waals surface area contributed by atoms with Gasteiger partial charge in [0.25, 0.3) is 15.9 Å². The van der Waals surface area contributed by atoms with Crippen molar-refractivity contribution in [3.05, 3.63) is 76.8 Å². The summed E-state index contributed by atoms with van der Waals surface area (Å²) in [7, 11) is -3.79. The number of anilines is 1. The van der Waals surface area contributed by atoms with Crippen LogP contribution in [0.2, 0.25) is 0 Å². The van der Waals surface area contributed by atoms with Crippen LogP contribution < -0.4 is 4.72 Å². The van der Waals surface area contributed by atoms with Gasteiger partial charge in [-0.25, -0.2) is 13.4 Å². The Balaban J connectivity index is 1.39. The average molecular weight is 471 g/mol. The van der Waals surface area contributed by atoms with Crippen molar-refractivity contribution in [2.24, 2.45) is 0 Å². The third-order valence-corrected chi connectivity index (χ3v) is 7.30. The first-order chi connectivity index (χ1) is 15.3. The van der Waals surface area contributed by atoms with Crippen LogP contribution in [-0.4, -0.2) is 54.7 Å². The van der Waals surface area contributed by atoms with E-state index in [0.29, 0.717) is 25.2 Å². The molecule has 32 heavy (non-hydrogen) atoms. The molecule has 2 heterocycles. The quantitative estimate of drug-likeness (QED) is 0.597. The van der Waals surface area contributed by atoms with Crippen LogP contribution in [0.1, 0.15) is 21.5 Å². The van der Waals surface area contributed by atoms with Crippen LogP contribution in [0, 0.1) is 6.92 Å². The Labute approximate surface area is 190 Å². The largest absolute Gasteiger partial charge is 0.335 e. The fraction of sp³-hybridized carbons (Fsp3) is 0.227. The zero-order valence-corrected chi connectivity index (χ0v) is 19.0. The van der Waals surface area contributed by atoms with Gasteiger partial charge in [-0.3, -0.25) is 14.3 Å². The number of amides is 2. The van der Waals surface area contributed by atoms with Crippen molar-refractivity contribution in [1.82, 2.24) is 14.8 Å². The van der Waals surface area contributed by atoms with Crippen molar-refractivity contribution in [1.29, 1.82) is 0 Å². The SMILES string of the molecule is Cc1cccc(CN2CCN(C(=O)c3ccc(S(=O)(=O)Nc4nccs4)cc3)CC2=O)c1. The van der Waals surface area contributed by atoms with Gasteiger partial charge in [0.2, 0.25) is 5.91 Å². The third-order valence-electron chi connectivity index (χ3n) is 5.13. The second kappa shape index (κ2) is 9.09. The fourth-order valence-electron chi connectivity index (χ4n) is 3.49. The molecule has 1 N–H and O–H groups in total. The number of nitrogens with one attached hydrogen (secondary N) is 1. The molecular weight excluding hydrogens is 448 g/mol. The van der Waals surface area contributed by atoms with E-state index >= 15 is 0 Å². The molecule has 3 aromatic rings. The lowest BCUT2D eigenvalue weighted by Crippen LogP contribution is -2.51. The maximum Gasteiger partial charge on any atom is 0.263 e. The molecule has 2 amide bonds. The predicted molar refractivity (Wildman–Crippen MR) is 122 cm³/mol. The minimum Gasteiger partial charge on any atom is -0.335 e. The lowest BCUT2D eigenvalue weighted by atomic mass is 10.1. The number of rotatable bonds is 6. The van der Waals surface area contributed by atoms with E-state index in [1.165, 1.54) is 46.7 Å². The number of sulfonamides is 1. The smallest absolute Gasteiger partial charge is 0.263 e. The zero-order chi connectivity index (χ0) is 22.7. The van der Waals surface area contributed by atoms with Crippen molar-refractivity contribution in [3.8, 4) is 0 Å². The molecule has 0 saturated carbocycles. The highest BCUT2D eigenvalue weighted by molar-refractivity contribution is 7.93. The molecule has 0 atom stereocenters. The van der Waals surface area contributed by atoms with Gasteiger partial charge in [0.15, 0.2) is 5.13 Å². The highest BCUT2D eigenvalue weighted by atomic mass is 32.2. The molecule has 0 radical (unpaired) electrons. The second-order valence-electron chi connectivity index (χ2n) is 7.50. The van der Waals surface area contributed by atoms with Crippen LogP contribution in [0.4, 0.5) is 5.13 Å². The minimum atomic E-state index is -3.79. The van der Waals surface area contributed by atoms with Gasteiger partial charge in [0, 0.05) is 36.8 Å². The molecule has 1 aliphatic heterocycles. The average Bonchev–Trinajstić information content (AvgIpc) is 3.27. The number of aryl methyl sites for hydroxylation is 1. The summed E-state index contributed by atoms with van der Waals surface area (Å²) in [5.41, 5.74) is 2.52. The molecule has 4 rings (SSSR count). The van der Waals surface area contributed by atoms with Crippen molar-refractivity contribution in [2.45, 2.75) is 18.4 Å². The third kappa shape index (κ3) is 4.97. The lowest BCUT2D eigenvalue weighted by Gasteiger charge is -2.34. The molecule has 1 aliphatic rings. The summed E-state index contributed by atoms with van der Waals surface area (Å²) < 4.78 is 27.3. The number of carbonyl (C=O) groups excluding carboxylic acids is 2. The zero-order valence-electron chi connectivity index (χ0n) is 17.4. The van der Waals surface area contributed by atoms with E-state index in [1.54, 1.807) is 10.3 Å². The first kappa shape index (κ1) is 22.0. The molecule has 1 saturated heterocycles. The van der Waals surface area contributed by atoms with Crippen molar-refractivity contribution >= 4 is 38.3 Å². The highest BCUT2D eigenvalue weighted by Crippen LogP contribution is 2.19. The van der Waals surface area contributed by atoms with Gasteiger partial charge in [-0.1, -0.05) is 29.8 Å². The Hall–Kier alpha value is -3.24. The molecule has 2 aromatic carbocycles. The molecule has 0 aliphatic carbocycles. The van der Waals surface area contributed by atoms with Crippen LogP contribution in [0.3, 0.4) is 0 Å². The minimum absolute atomic E-state index is 0.00367. The summed E-state index contributed by atoms with van der Waals surface area (Å²) in [6, 6.07) is 13.7. The number of hydrogen-bond acceptors (Lipinski definition) is 6. The molecule has 0 unspecified atom stereocenters. The highest BCUT2D eigenvalue weighted by Gasteiger charge is 2.28. The molecular formula is C22H22N4O4S2. The van der Waals surface area contributed by atoms with Crippen LogP contribution >= 0.6 is 11.3 Å². The van der Waals surface area contributed by atoms with Gasteiger partial charge < -0.3 is 9.80 Å². The van der Waals surface area contributed by atoms with Crippen molar-refractivity contribution in [3.63, 3.8) is 0 Å². The molecule has 1 aromatic heterocycles. The summed E-state index contributed by atoms with van der Waals surface area (Å²) in [5, 5.41) is 1.94. The number of piperazine rings is 1. The number of carbonyl (C=O) groups is 2. The number of benzene rings is 2. The second-order valence-corrected chi connectivity index (χ2v) is 10.1. The topological polar surface area (TPSA) is 99.7 Å². The van der Waals surface area contributed by atoms with Gasteiger partial charge in [-0.15, -0.1) is 11.3 Å². The van der Waals surface area contributed by atoms with E-state index in [1.807, 2.05) is 31.2 Å². The summed E-state index contributed by atoms with van der Waals surface area (Å²) in [6.07, 6.45) is 1.51. The Morgan fingerprint density at radius 1 is 1.16 bits per heavy atom. The van der Waals surface area contributed by atoms with E-state index < -0.39 is 10.0 Å². The maximum absolute atomic E-state index is 12.9. The van der Waals surface area contributed by atoms with Crippen LogP contribution in [0.5, 0.6) is 0 Å². The molecule has 1 fully saturated rings. The fourth-order valence-corrected chi connectivity index (χ4v) is 5.28. The van der Waals surface area contributed by atoms with Gasteiger partial charge in [-0.2, -0.15) is 0 Å².